The van der Waals surface area contributed by atoms with E-state index in [9.17, 15) is 14.4 Å². The zero-order valence-electron chi connectivity index (χ0n) is 14.3. The van der Waals surface area contributed by atoms with E-state index in [1.165, 1.54) is 18.9 Å². The topological polar surface area (TPSA) is 83.9 Å². The highest BCUT2D eigenvalue weighted by molar-refractivity contribution is 8.26. The molecule has 0 saturated carbocycles. The van der Waals surface area contributed by atoms with Gasteiger partial charge in [-0.1, -0.05) is 42.5 Å². The van der Waals surface area contributed by atoms with Crippen molar-refractivity contribution in [2.45, 2.75) is 25.7 Å². The number of hydrogen-bond acceptors (Lipinski definition) is 6. The standard InChI is InChI=1S/C18H19NO5S2/c1-24-17(23)13-8-6-12(7-9-13)11-14-16(22)19(18(25)26-14)10-4-2-3-5-15(20)21/h6-9,11H,2-5,10H2,1H3,(H,20,21)/b14-11+. The second kappa shape index (κ2) is 9.49. The highest BCUT2D eigenvalue weighted by atomic mass is 32.2. The van der Waals surface area contributed by atoms with Gasteiger partial charge in [0, 0.05) is 13.0 Å². The molecule has 138 valence electrons. The SMILES string of the molecule is COC(=O)c1ccc(/C=C2/SC(=S)N(CCCCCC(=O)O)C2=O)cc1. The molecule has 1 aliphatic rings. The van der Waals surface area contributed by atoms with E-state index in [4.69, 9.17) is 17.3 Å². The van der Waals surface area contributed by atoms with Crippen LogP contribution in [-0.4, -0.2) is 45.8 Å². The number of thioether (sulfide) groups is 1. The fraction of sp³-hybridized carbons (Fsp3) is 0.333. The molecule has 1 amide bonds. The van der Waals surface area contributed by atoms with Gasteiger partial charge in [-0.05, 0) is 36.6 Å². The van der Waals surface area contributed by atoms with Crippen molar-refractivity contribution in [1.82, 2.24) is 4.90 Å². The zero-order chi connectivity index (χ0) is 19.1. The fourth-order valence-corrected chi connectivity index (χ4v) is 3.71. The smallest absolute Gasteiger partial charge is 0.337 e. The molecule has 1 saturated heterocycles. The number of unbranched alkanes of at least 4 members (excludes halogenated alkanes) is 2. The number of hydrogen-bond donors (Lipinski definition) is 1. The summed E-state index contributed by atoms with van der Waals surface area (Å²) in [6, 6.07) is 6.76. The normalized spacial score (nSPS) is 15.6. The highest BCUT2D eigenvalue weighted by Crippen LogP contribution is 2.32. The molecule has 0 bridgehead atoms. The van der Waals surface area contributed by atoms with Crippen molar-refractivity contribution in [3.8, 4) is 0 Å². The van der Waals surface area contributed by atoms with E-state index >= 15 is 0 Å². The third-order valence-electron chi connectivity index (χ3n) is 3.78. The van der Waals surface area contributed by atoms with Crippen molar-refractivity contribution in [2.24, 2.45) is 0 Å². The summed E-state index contributed by atoms with van der Waals surface area (Å²) in [4.78, 5) is 36.5. The van der Waals surface area contributed by atoms with Gasteiger partial charge >= 0.3 is 11.9 Å². The Kier molecular flexibility index (Phi) is 7.35. The van der Waals surface area contributed by atoms with Crippen molar-refractivity contribution >= 4 is 52.2 Å². The van der Waals surface area contributed by atoms with E-state index in [-0.39, 0.29) is 12.3 Å². The highest BCUT2D eigenvalue weighted by Gasteiger charge is 2.31. The summed E-state index contributed by atoms with van der Waals surface area (Å²) in [5.74, 6) is -1.36. The van der Waals surface area contributed by atoms with Crippen LogP contribution in [0.1, 0.15) is 41.6 Å². The van der Waals surface area contributed by atoms with Crippen molar-refractivity contribution in [1.29, 1.82) is 0 Å². The molecule has 1 aromatic carbocycles. The van der Waals surface area contributed by atoms with E-state index in [2.05, 4.69) is 4.74 Å². The molecule has 2 rings (SSSR count). The van der Waals surface area contributed by atoms with E-state index in [0.717, 1.165) is 12.0 Å². The minimum atomic E-state index is -0.809. The van der Waals surface area contributed by atoms with Crippen LogP contribution in [0.4, 0.5) is 0 Å². The number of carbonyl (C=O) groups excluding carboxylic acids is 2. The van der Waals surface area contributed by atoms with Crippen LogP contribution < -0.4 is 0 Å². The summed E-state index contributed by atoms with van der Waals surface area (Å²) in [7, 11) is 1.32. The summed E-state index contributed by atoms with van der Waals surface area (Å²) < 4.78 is 5.16. The first kappa shape index (κ1) is 20.1. The predicted molar refractivity (Wildman–Crippen MR) is 104 cm³/mol. The van der Waals surface area contributed by atoms with Gasteiger partial charge in [-0.3, -0.25) is 14.5 Å². The number of ether oxygens (including phenoxy) is 1. The molecule has 1 heterocycles. The third kappa shape index (κ3) is 5.40. The Hall–Kier alpha value is -2.19. The largest absolute Gasteiger partial charge is 0.481 e. The Labute approximate surface area is 161 Å². The molecular weight excluding hydrogens is 374 g/mol. The molecule has 1 N–H and O–H groups in total. The zero-order valence-corrected chi connectivity index (χ0v) is 15.9. The van der Waals surface area contributed by atoms with E-state index < -0.39 is 11.9 Å². The minimum absolute atomic E-state index is 0.139. The summed E-state index contributed by atoms with van der Waals surface area (Å²) in [6.45, 7) is 0.489. The number of methoxy groups -OCH3 is 1. The van der Waals surface area contributed by atoms with Crippen LogP contribution in [0, 0.1) is 0 Å². The van der Waals surface area contributed by atoms with Crippen LogP contribution in [0.2, 0.25) is 0 Å². The van der Waals surface area contributed by atoms with Crippen LogP contribution in [0.15, 0.2) is 29.2 Å². The second-order valence-electron chi connectivity index (χ2n) is 5.65. The van der Waals surface area contributed by atoms with E-state index in [0.29, 0.717) is 34.2 Å². The molecule has 0 spiro atoms. The molecule has 1 fully saturated rings. The lowest BCUT2D eigenvalue weighted by Gasteiger charge is -2.13. The maximum absolute atomic E-state index is 12.5. The molecule has 26 heavy (non-hydrogen) atoms. The Balaban J connectivity index is 1.95. The molecule has 0 radical (unpaired) electrons. The maximum Gasteiger partial charge on any atom is 0.337 e. The number of thiocarbonyl (C=S) groups is 1. The van der Waals surface area contributed by atoms with Crippen LogP contribution in [0.5, 0.6) is 0 Å². The molecule has 0 atom stereocenters. The fourth-order valence-electron chi connectivity index (χ4n) is 2.40. The number of benzene rings is 1. The lowest BCUT2D eigenvalue weighted by Crippen LogP contribution is -2.29. The number of amides is 1. The molecule has 0 aliphatic carbocycles. The summed E-state index contributed by atoms with van der Waals surface area (Å²) in [6.07, 6.45) is 3.91. The molecule has 1 aliphatic heterocycles. The predicted octanol–water partition coefficient (Wildman–Crippen LogP) is 3.32. The molecular formula is C18H19NO5S2. The first-order valence-corrected chi connectivity index (χ1v) is 9.30. The van der Waals surface area contributed by atoms with Gasteiger partial charge in [-0.2, -0.15) is 0 Å². The number of carboxylic acids is 1. The quantitative estimate of drug-likeness (QED) is 0.314. The lowest BCUT2D eigenvalue weighted by atomic mass is 10.1. The van der Waals surface area contributed by atoms with Gasteiger partial charge in [0.2, 0.25) is 0 Å². The molecule has 1 aromatic rings. The van der Waals surface area contributed by atoms with E-state index in [1.807, 2.05) is 0 Å². The Morgan fingerprint density at radius 1 is 1.23 bits per heavy atom. The average Bonchev–Trinajstić information content (AvgIpc) is 2.88. The molecule has 6 nitrogen and oxygen atoms in total. The summed E-state index contributed by atoms with van der Waals surface area (Å²) >= 11 is 6.52. The number of nitrogens with zero attached hydrogens (tertiary/aromatic N) is 1. The monoisotopic (exact) mass is 393 g/mol. The Morgan fingerprint density at radius 2 is 1.92 bits per heavy atom. The van der Waals surface area contributed by atoms with Crippen LogP contribution in [-0.2, 0) is 14.3 Å². The maximum atomic E-state index is 12.5. The lowest BCUT2D eigenvalue weighted by molar-refractivity contribution is -0.137. The number of rotatable bonds is 8. The Morgan fingerprint density at radius 3 is 2.54 bits per heavy atom. The van der Waals surface area contributed by atoms with Crippen molar-refractivity contribution in [3.63, 3.8) is 0 Å². The average molecular weight is 393 g/mol. The van der Waals surface area contributed by atoms with Crippen LogP contribution in [0.25, 0.3) is 6.08 Å². The summed E-state index contributed by atoms with van der Waals surface area (Å²) in [5.41, 5.74) is 1.23. The van der Waals surface area contributed by atoms with Gasteiger partial charge in [0.1, 0.15) is 4.32 Å². The van der Waals surface area contributed by atoms with Gasteiger partial charge in [-0.25, -0.2) is 4.79 Å². The first-order chi connectivity index (χ1) is 12.4. The van der Waals surface area contributed by atoms with Gasteiger partial charge in [-0.15, -0.1) is 0 Å². The molecule has 0 unspecified atom stereocenters. The van der Waals surface area contributed by atoms with Gasteiger partial charge < -0.3 is 9.84 Å². The minimum Gasteiger partial charge on any atom is -0.481 e. The number of esters is 1. The molecule has 0 aromatic heterocycles. The van der Waals surface area contributed by atoms with Gasteiger partial charge in [0.05, 0.1) is 17.6 Å². The van der Waals surface area contributed by atoms with Crippen LogP contribution in [0.3, 0.4) is 0 Å². The Bertz CT molecular complexity index is 742. The number of carbonyl (C=O) groups is 3. The van der Waals surface area contributed by atoms with Crippen LogP contribution >= 0.6 is 24.0 Å². The van der Waals surface area contributed by atoms with Crippen molar-refractivity contribution in [2.75, 3.05) is 13.7 Å². The first-order valence-electron chi connectivity index (χ1n) is 8.08. The van der Waals surface area contributed by atoms with Gasteiger partial charge in [0.25, 0.3) is 5.91 Å². The summed E-state index contributed by atoms with van der Waals surface area (Å²) in [5, 5.41) is 8.62. The number of aliphatic carboxylic acids is 1. The van der Waals surface area contributed by atoms with Crippen molar-refractivity contribution < 1.29 is 24.2 Å². The third-order valence-corrected chi connectivity index (χ3v) is 5.15. The molecule has 8 heteroatoms. The van der Waals surface area contributed by atoms with E-state index in [1.54, 1.807) is 35.2 Å². The van der Waals surface area contributed by atoms with Gasteiger partial charge in [0.15, 0.2) is 0 Å². The number of carboxylic acid groups (broad SMARTS) is 1. The second-order valence-corrected chi connectivity index (χ2v) is 7.33. The van der Waals surface area contributed by atoms with Crippen molar-refractivity contribution in [3.05, 3.63) is 40.3 Å².